The molecule has 2 unspecified atom stereocenters. The second-order valence-corrected chi connectivity index (χ2v) is 4.39. The van der Waals surface area contributed by atoms with Crippen LogP contribution < -0.4 is 0 Å². The van der Waals surface area contributed by atoms with Gasteiger partial charge in [-0.05, 0) is 31.7 Å². The van der Waals surface area contributed by atoms with Crippen molar-refractivity contribution in [3.8, 4) is 0 Å². The molecule has 1 aliphatic rings. The molecule has 1 aliphatic heterocycles. The topological polar surface area (TPSA) is 78.3 Å². The molecule has 2 atom stereocenters. The van der Waals surface area contributed by atoms with E-state index in [1.807, 2.05) is 6.92 Å². The number of carbonyl (C=O) groups excluding carboxylic acids is 1. The first-order chi connectivity index (χ1) is 8.19. The molecule has 0 aromatic rings. The molecule has 6 nitrogen and oxygen atoms in total. The average Bonchev–Trinajstić information content (AvgIpc) is 2.29. The van der Waals surface area contributed by atoms with Crippen molar-refractivity contribution in [3.05, 3.63) is 10.4 Å². The van der Waals surface area contributed by atoms with Crippen LogP contribution in [0.25, 0.3) is 10.4 Å². The van der Waals surface area contributed by atoms with Gasteiger partial charge in [-0.25, -0.2) is 4.79 Å². The Morgan fingerprint density at radius 2 is 2.41 bits per heavy atom. The van der Waals surface area contributed by atoms with Crippen LogP contribution in [-0.4, -0.2) is 36.2 Å². The SMILES string of the molecule is CCCCOC(=O)N1CCC(N=[N+]=[N-])CC1C. The van der Waals surface area contributed by atoms with Crippen molar-refractivity contribution in [2.75, 3.05) is 13.2 Å². The van der Waals surface area contributed by atoms with Crippen LogP contribution in [0, 0.1) is 0 Å². The third-order valence-electron chi connectivity index (χ3n) is 3.02. The summed E-state index contributed by atoms with van der Waals surface area (Å²) >= 11 is 0. The Balaban J connectivity index is 2.40. The summed E-state index contributed by atoms with van der Waals surface area (Å²) in [4.78, 5) is 16.3. The molecule has 1 fully saturated rings. The first-order valence-electron chi connectivity index (χ1n) is 6.16. The summed E-state index contributed by atoms with van der Waals surface area (Å²) in [5.74, 6) is 0. The number of ether oxygens (including phenoxy) is 1. The van der Waals surface area contributed by atoms with Gasteiger partial charge in [0.2, 0.25) is 0 Å². The molecule has 0 bridgehead atoms. The minimum Gasteiger partial charge on any atom is -0.449 e. The zero-order chi connectivity index (χ0) is 12.7. The molecule has 0 spiro atoms. The fraction of sp³-hybridized carbons (Fsp3) is 0.909. The van der Waals surface area contributed by atoms with Crippen molar-refractivity contribution >= 4 is 6.09 Å². The highest BCUT2D eigenvalue weighted by Gasteiger charge is 2.28. The molecule has 1 heterocycles. The lowest BCUT2D eigenvalue weighted by Gasteiger charge is -2.35. The van der Waals surface area contributed by atoms with Crippen LogP contribution in [0.3, 0.4) is 0 Å². The van der Waals surface area contributed by atoms with Crippen LogP contribution in [0.15, 0.2) is 5.11 Å². The van der Waals surface area contributed by atoms with E-state index in [1.54, 1.807) is 4.90 Å². The minimum absolute atomic E-state index is 0.00897. The largest absolute Gasteiger partial charge is 0.449 e. The zero-order valence-corrected chi connectivity index (χ0v) is 10.5. The lowest BCUT2D eigenvalue weighted by molar-refractivity contribution is 0.0732. The van der Waals surface area contributed by atoms with E-state index in [0.717, 1.165) is 19.3 Å². The molecule has 17 heavy (non-hydrogen) atoms. The zero-order valence-electron chi connectivity index (χ0n) is 10.5. The molecule has 0 aromatic heterocycles. The molecule has 96 valence electrons. The summed E-state index contributed by atoms with van der Waals surface area (Å²) in [6.07, 6.45) is 3.10. The monoisotopic (exact) mass is 240 g/mol. The quantitative estimate of drug-likeness (QED) is 0.327. The van der Waals surface area contributed by atoms with E-state index in [9.17, 15) is 4.79 Å². The van der Waals surface area contributed by atoms with Gasteiger partial charge in [0.15, 0.2) is 0 Å². The Labute approximate surface area is 102 Å². The van der Waals surface area contributed by atoms with Crippen molar-refractivity contribution in [1.82, 2.24) is 4.90 Å². The average molecular weight is 240 g/mol. The minimum atomic E-state index is -0.245. The molecular formula is C11H20N4O2. The van der Waals surface area contributed by atoms with Gasteiger partial charge in [-0.3, -0.25) is 0 Å². The predicted molar refractivity (Wildman–Crippen MR) is 64.6 cm³/mol. The van der Waals surface area contributed by atoms with Gasteiger partial charge in [0.25, 0.3) is 0 Å². The Hall–Kier alpha value is -1.42. The number of piperidine rings is 1. The lowest BCUT2D eigenvalue weighted by Crippen LogP contribution is -2.45. The third kappa shape index (κ3) is 4.15. The molecule has 0 N–H and O–H groups in total. The first kappa shape index (κ1) is 13.6. The van der Waals surface area contributed by atoms with E-state index >= 15 is 0 Å². The van der Waals surface area contributed by atoms with E-state index < -0.39 is 0 Å². The molecule has 0 saturated carbocycles. The Morgan fingerprint density at radius 1 is 1.65 bits per heavy atom. The van der Waals surface area contributed by atoms with Crippen molar-refractivity contribution in [3.63, 3.8) is 0 Å². The standard InChI is InChI=1S/C11H20N4O2/c1-3-4-7-17-11(16)15-6-5-10(13-14-12)8-9(15)2/h9-10H,3-8H2,1-2H3. The number of rotatable bonds is 4. The fourth-order valence-electron chi connectivity index (χ4n) is 1.98. The molecule has 1 saturated heterocycles. The maximum Gasteiger partial charge on any atom is 0.409 e. The highest BCUT2D eigenvalue weighted by molar-refractivity contribution is 5.68. The molecule has 0 aliphatic carbocycles. The third-order valence-corrected chi connectivity index (χ3v) is 3.02. The summed E-state index contributed by atoms with van der Waals surface area (Å²) in [5, 5.41) is 3.71. The van der Waals surface area contributed by atoms with Gasteiger partial charge in [0.05, 0.1) is 6.61 Å². The molecule has 6 heteroatoms. The van der Waals surface area contributed by atoms with E-state index in [4.69, 9.17) is 10.3 Å². The molecule has 0 radical (unpaired) electrons. The van der Waals surface area contributed by atoms with Crippen molar-refractivity contribution in [2.45, 2.75) is 51.6 Å². The van der Waals surface area contributed by atoms with Crippen LogP contribution in [0.2, 0.25) is 0 Å². The number of amides is 1. The summed E-state index contributed by atoms with van der Waals surface area (Å²) in [5.41, 5.74) is 8.38. The van der Waals surface area contributed by atoms with Gasteiger partial charge >= 0.3 is 6.09 Å². The number of carbonyl (C=O) groups is 1. The molecule has 1 rings (SSSR count). The van der Waals surface area contributed by atoms with Crippen LogP contribution in [0.4, 0.5) is 4.79 Å². The Bertz CT molecular complexity index is 302. The van der Waals surface area contributed by atoms with Gasteiger partial charge in [-0.15, -0.1) is 0 Å². The lowest BCUT2D eigenvalue weighted by atomic mass is 10.00. The summed E-state index contributed by atoms with van der Waals surface area (Å²) < 4.78 is 5.17. The molecular weight excluding hydrogens is 220 g/mol. The smallest absolute Gasteiger partial charge is 0.409 e. The Kier molecular flexibility index (Phi) is 5.63. The van der Waals surface area contributed by atoms with Gasteiger partial charge in [0.1, 0.15) is 0 Å². The number of nitrogens with zero attached hydrogens (tertiary/aromatic N) is 4. The summed E-state index contributed by atoms with van der Waals surface area (Å²) in [7, 11) is 0. The number of azide groups is 1. The van der Waals surface area contributed by atoms with E-state index in [0.29, 0.717) is 19.6 Å². The van der Waals surface area contributed by atoms with Crippen molar-refractivity contribution in [2.24, 2.45) is 5.11 Å². The summed E-state index contributed by atoms with van der Waals surface area (Å²) in [6.45, 7) is 5.11. The van der Waals surface area contributed by atoms with Crippen molar-refractivity contribution in [1.29, 1.82) is 0 Å². The molecule has 0 aromatic carbocycles. The highest BCUT2D eigenvalue weighted by Crippen LogP contribution is 2.20. The van der Waals surface area contributed by atoms with Crippen LogP contribution in [0.1, 0.15) is 39.5 Å². The first-order valence-corrected chi connectivity index (χ1v) is 6.16. The van der Waals surface area contributed by atoms with E-state index in [2.05, 4.69) is 16.9 Å². The van der Waals surface area contributed by atoms with Gasteiger partial charge in [0, 0.05) is 23.5 Å². The number of hydrogen-bond donors (Lipinski definition) is 0. The number of likely N-dealkylation sites (tertiary alicyclic amines) is 1. The second-order valence-electron chi connectivity index (χ2n) is 4.39. The van der Waals surface area contributed by atoms with Crippen molar-refractivity contribution < 1.29 is 9.53 Å². The highest BCUT2D eigenvalue weighted by atomic mass is 16.6. The van der Waals surface area contributed by atoms with Gasteiger partial charge in [-0.1, -0.05) is 18.5 Å². The van der Waals surface area contributed by atoms with Gasteiger partial charge in [-0.2, -0.15) is 0 Å². The van der Waals surface area contributed by atoms with Crippen LogP contribution in [-0.2, 0) is 4.74 Å². The van der Waals surface area contributed by atoms with Crippen LogP contribution >= 0.6 is 0 Å². The van der Waals surface area contributed by atoms with E-state index in [-0.39, 0.29) is 18.2 Å². The predicted octanol–water partition coefficient (Wildman–Crippen LogP) is 3.09. The number of hydrogen-bond acceptors (Lipinski definition) is 3. The summed E-state index contributed by atoms with van der Waals surface area (Å²) in [6, 6.07) is 0.0862. The maximum atomic E-state index is 11.7. The van der Waals surface area contributed by atoms with E-state index in [1.165, 1.54) is 0 Å². The Morgan fingerprint density at radius 3 is 3.00 bits per heavy atom. The normalized spacial score (nSPS) is 24.0. The number of unbranched alkanes of at least 4 members (excludes halogenated alkanes) is 1. The maximum absolute atomic E-state index is 11.7. The fourth-order valence-corrected chi connectivity index (χ4v) is 1.98. The molecule has 1 amide bonds. The second kappa shape index (κ2) is 7.01. The van der Waals surface area contributed by atoms with Crippen LogP contribution in [0.5, 0.6) is 0 Å². The van der Waals surface area contributed by atoms with Gasteiger partial charge < -0.3 is 9.64 Å².